The zero-order chi connectivity index (χ0) is 12.3. The second kappa shape index (κ2) is 4.65. The summed E-state index contributed by atoms with van der Waals surface area (Å²) in [4.78, 5) is 0. The van der Waals surface area contributed by atoms with Gasteiger partial charge >= 0.3 is 6.18 Å². The Labute approximate surface area is 90.6 Å². The van der Waals surface area contributed by atoms with Gasteiger partial charge in [-0.25, -0.2) is 4.39 Å². The normalized spacial score (nSPS) is 13.6. The molecule has 0 saturated heterocycles. The summed E-state index contributed by atoms with van der Waals surface area (Å²) in [6, 6.07) is 2.26. The molecule has 1 aromatic carbocycles. The van der Waals surface area contributed by atoms with Crippen molar-refractivity contribution in [1.29, 1.82) is 0 Å². The summed E-state index contributed by atoms with van der Waals surface area (Å²) in [6.45, 7) is 3.39. The van der Waals surface area contributed by atoms with Crippen molar-refractivity contribution >= 4 is 0 Å². The lowest BCUT2D eigenvalue weighted by Gasteiger charge is -2.17. The quantitative estimate of drug-likeness (QED) is 0.628. The van der Waals surface area contributed by atoms with E-state index in [0.29, 0.717) is 0 Å². The molecular weight excluding hydrogens is 222 g/mol. The molecule has 0 aromatic heterocycles. The first-order valence-electron chi connectivity index (χ1n) is 4.60. The fraction of sp³-hybridized carbons (Fsp3) is 0.273. The highest BCUT2D eigenvalue weighted by molar-refractivity contribution is 5.33. The lowest BCUT2D eigenvalue weighted by Crippen LogP contribution is -2.18. The minimum Gasteiger partial charge on any atom is -0.324 e. The van der Waals surface area contributed by atoms with E-state index in [1.165, 1.54) is 18.2 Å². The van der Waals surface area contributed by atoms with Crippen LogP contribution < -0.4 is 5.73 Å². The van der Waals surface area contributed by atoms with Crippen LogP contribution in [0.5, 0.6) is 0 Å². The molecule has 1 aromatic rings. The Kier molecular flexibility index (Phi) is 3.70. The molecule has 1 nitrogen and oxygen atoms in total. The summed E-state index contributed by atoms with van der Waals surface area (Å²) in [5, 5.41) is 0. The molecule has 1 rings (SSSR count). The molecule has 0 amide bonds. The lowest BCUT2D eigenvalue weighted by molar-refractivity contribution is -0.140. The standard InChI is InChI=1S/C11H11F4N/c1-2-4-9(16)7-5-3-6-8(12)10(7)11(13,14)15/h2-3,5-6,9H,1,4,16H2/t9-/m1/s1. The highest BCUT2D eigenvalue weighted by Crippen LogP contribution is 2.36. The summed E-state index contributed by atoms with van der Waals surface area (Å²) in [6.07, 6.45) is -3.18. The van der Waals surface area contributed by atoms with Gasteiger partial charge in [-0.2, -0.15) is 13.2 Å². The number of hydrogen-bond acceptors (Lipinski definition) is 1. The first-order valence-corrected chi connectivity index (χ1v) is 4.60. The second-order valence-electron chi connectivity index (χ2n) is 3.33. The van der Waals surface area contributed by atoms with Gasteiger partial charge in [0.25, 0.3) is 0 Å². The smallest absolute Gasteiger partial charge is 0.324 e. The predicted octanol–water partition coefficient (Wildman–Crippen LogP) is 3.42. The molecule has 88 valence electrons. The fourth-order valence-electron chi connectivity index (χ4n) is 1.46. The Morgan fingerprint density at radius 3 is 2.50 bits per heavy atom. The van der Waals surface area contributed by atoms with Crippen molar-refractivity contribution in [1.82, 2.24) is 0 Å². The molecular formula is C11H11F4N. The Morgan fingerprint density at radius 1 is 1.38 bits per heavy atom. The van der Waals surface area contributed by atoms with Crippen LogP contribution in [0.2, 0.25) is 0 Å². The molecule has 0 aliphatic carbocycles. The summed E-state index contributed by atoms with van der Waals surface area (Å²) < 4.78 is 50.9. The number of rotatable bonds is 3. The van der Waals surface area contributed by atoms with Crippen LogP contribution in [-0.2, 0) is 6.18 Å². The summed E-state index contributed by atoms with van der Waals surface area (Å²) in [5.74, 6) is -1.30. The number of nitrogens with two attached hydrogens (primary N) is 1. The minimum atomic E-state index is -4.74. The molecule has 0 radical (unpaired) electrons. The van der Waals surface area contributed by atoms with E-state index in [1.807, 2.05) is 0 Å². The van der Waals surface area contributed by atoms with Crippen molar-refractivity contribution in [2.75, 3.05) is 0 Å². The third kappa shape index (κ3) is 2.61. The molecule has 1 atom stereocenters. The number of benzene rings is 1. The number of hydrogen-bond donors (Lipinski definition) is 1. The molecule has 5 heteroatoms. The average Bonchev–Trinajstić information content (AvgIpc) is 2.15. The van der Waals surface area contributed by atoms with Gasteiger partial charge in [0.2, 0.25) is 0 Å². The van der Waals surface area contributed by atoms with Crippen LogP contribution in [-0.4, -0.2) is 0 Å². The van der Waals surface area contributed by atoms with Crippen molar-refractivity contribution < 1.29 is 17.6 Å². The van der Waals surface area contributed by atoms with Gasteiger partial charge in [-0.3, -0.25) is 0 Å². The Balaban J connectivity index is 3.28. The minimum absolute atomic E-state index is 0.159. The van der Waals surface area contributed by atoms with Crippen LogP contribution in [0.4, 0.5) is 17.6 Å². The molecule has 0 aliphatic rings. The zero-order valence-electron chi connectivity index (χ0n) is 8.39. The van der Waals surface area contributed by atoms with Gasteiger partial charge in [0.1, 0.15) is 5.82 Å². The summed E-state index contributed by atoms with van der Waals surface area (Å²) >= 11 is 0. The van der Waals surface area contributed by atoms with E-state index in [9.17, 15) is 17.6 Å². The first kappa shape index (κ1) is 12.7. The third-order valence-electron chi connectivity index (χ3n) is 2.15. The van der Waals surface area contributed by atoms with E-state index < -0.39 is 23.6 Å². The van der Waals surface area contributed by atoms with Gasteiger partial charge in [-0.05, 0) is 18.1 Å². The van der Waals surface area contributed by atoms with Crippen molar-refractivity contribution in [3.8, 4) is 0 Å². The van der Waals surface area contributed by atoms with Crippen LogP contribution in [0.1, 0.15) is 23.6 Å². The zero-order valence-corrected chi connectivity index (χ0v) is 8.39. The Bertz CT molecular complexity index is 384. The van der Waals surface area contributed by atoms with Gasteiger partial charge < -0.3 is 5.73 Å². The topological polar surface area (TPSA) is 26.0 Å². The Hall–Kier alpha value is -1.36. The van der Waals surface area contributed by atoms with Gasteiger partial charge in [0, 0.05) is 6.04 Å². The molecule has 0 aliphatic heterocycles. The van der Waals surface area contributed by atoms with E-state index in [2.05, 4.69) is 6.58 Å². The van der Waals surface area contributed by atoms with E-state index in [0.717, 1.165) is 6.07 Å². The largest absolute Gasteiger partial charge is 0.419 e. The van der Waals surface area contributed by atoms with Crippen LogP contribution in [0.25, 0.3) is 0 Å². The van der Waals surface area contributed by atoms with Crippen molar-refractivity contribution in [3.05, 3.63) is 47.8 Å². The van der Waals surface area contributed by atoms with E-state index >= 15 is 0 Å². The maximum Gasteiger partial charge on any atom is 0.419 e. The second-order valence-corrected chi connectivity index (χ2v) is 3.33. The number of halogens is 4. The van der Waals surface area contributed by atoms with Crippen LogP contribution in [0, 0.1) is 5.82 Å². The molecule has 16 heavy (non-hydrogen) atoms. The predicted molar refractivity (Wildman–Crippen MR) is 53.1 cm³/mol. The number of alkyl halides is 3. The molecule has 0 fully saturated rings. The van der Waals surface area contributed by atoms with E-state index in [-0.39, 0.29) is 12.0 Å². The van der Waals surface area contributed by atoms with Crippen LogP contribution >= 0.6 is 0 Å². The van der Waals surface area contributed by atoms with Crippen molar-refractivity contribution in [3.63, 3.8) is 0 Å². The summed E-state index contributed by atoms with van der Waals surface area (Å²) in [5.41, 5.74) is 4.00. The summed E-state index contributed by atoms with van der Waals surface area (Å²) in [7, 11) is 0. The highest BCUT2D eigenvalue weighted by Gasteiger charge is 2.37. The maximum absolute atomic E-state index is 13.1. The van der Waals surface area contributed by atoms with Crippen molar-refractivity contribution in [2.24, 2.45) is 5.73 Å². The average molecular weight is 233 g/mol. The maximum atomic E-state index is 13.1. The molecule has 2 N–H and O–H groups in total. The van der Waals surface area contributed by atoms with E-state index in [4.69, 9.17) is 5.73 Å². The fourth-order valence-corrected chi connectivity index (χ4v) is 1.46. The van der Waals surface area contributed by atoms with Gasteiger partial charge in [0.05, 0.1) is 5.56 Å². The van der Waals surface area contributed by atoms with Gasteiger partial charge in [-0.15, -0.1) is 6.58 Å². The first-order chi connectivity index (χ1) is 7.38. The van der Waals surface area contributed by atoms with Gasteiger partial charge in [0.15, 0.2) is 0 Å². The molecule has 0 spiro atoms. The monoisotopic (exact) mass is 233 g/mol. The van der Waals surface area contributed by atoms with Crippen LogP contribution in [0.3, 0.4) is 0 Å². The van der Waals surface area contributed by atoms with Crippen molar-refractivity contribution in [2.45, 2.75) is 18.6 Å². The lowest BCUT2D eigenvalue weighted by atomic mass is 9.98. The molecule has 0 unspecified atom stereocenters. The molecule has 0 saturated carbocycles. The van der Waals surface area contributed by atoms with E-state index in [1.54, 1.807) is 0 Å². The SMILES string of the molecule is C=CC[C@@H](N)c1cccc(F)c1C(F)(F)F. The molecule has 0 bridgehead atoms. The van der Waals surface area contributed by atoms with Crippen LogP contribution in [0.15, 0.2) is 30.9 Å². The highest BCUT2D eigenvalue weighted by atomic mass is 19.4. The Morgan fingerprint density at radius 2 is 2.00 bits per heavy atom. The van der Waals surface area contributed by atoms with Gasteiger partial charge in [-0.1, -0.05) is 18.2 Å². The third-order valence-corrected chi connectivity index (χ3v) is 2.15. The molecule has 0 heterocycles.